The fourth-order valence-electron chi connectivity index (χ4n) is 1.56. The summed E-state index contributed by atoms with van der Waals surface area (Å²) in [6.07, 6.45) is 6.73. The molecular formula is C13H16O2. The van der Waals surface area contributed by atoms with Gasteiger partial charge >= 0.3 is 0 Å². The molecule has 0 spiro atoms. The summed E-state index contributed by atoms with van der Waals surface area (Å²) in [5.74, 6) is 4.32. The molecule has 0 aliphatic rings. The van der Waals surface area contributed by atoms with Crippen LogP contribution < -0.4 is 9.47 Å². The number of benzene rings is 1. The zero-order valence-electron chi connectivity index (χ0n) is 9.46. The lowest BCUT2D eigenvalue weighted by Crippen LogP contribution is -1.97. The summed E-state index contributed by atoms with van der Waals surface area (Å²) in [5, 5.41) is 0. The van der Waals surface area contributed by atoms with Crippen LogP contribution >= 0.6 is 0 Å². The smallest absolute Gasteiger partial charge is 0.126 e. The molecule has 0 N–H and O–H groups in total. The van der Waals surface area contributed by atoms with Gasteiger partial charge in [0.25, 0.3) is 0 Å². The van der Waals surface area contributed by atoms with E-state index in [0.717, 1.165) is 29.0 Å². The van der Waals surface area contributed by atoms with Gasteiger partial charge in [-0.15, -0.1) is 12.3 Å². The van der Waals surface area contributed by atoms with Crippen LogP contribution in [-0.4, -0.2) is 14.2 Å². The predicted molar refractivity (Wildman–Crippen MR) is 61.4 cm³/mol. The first kappa shape index (κ1) is 11.5. The fraction of sp³-hybridized carbons (Fsp3) is 0.385. The predicted octanol–water partition coefficient (Wildman–Crippen LogP) is 2.58. The number of aryl methyl sites for hydroxylation is 1. The molecule has 0 saturated heterocycles. The topological polar surface area (TPSA) is 18.5 Å². The van der Waals surface area contributed by atoms with Crippen LogP contribution in [0.2, 0.25) is 0 Å². The van der Waals surface area contributed by atoms with Crippen LogP contribution in [0.4, 0.5) is 0 Å². The Morgan fingerprint density at radius 3 is 2.13 bits per heavy atom. The third-order valence-corrected chi connectivity index (χ3v) is 2.27. The highest BCUT2D eigenvalue weighted by molar-refractivity contribution is 5.48. The molecule has 0 fully saturated rings. The molecule has 2 heteroatoms. The minimum atomic E-state index is 0.690. The van der Waals surface area contributed by atoms with Crippen molar-refractivity contribution in [3.63, 3.8) is 0 Å². The number of terminal acetylenes is 1. The van der Waals surface area contributed by atoms with Gasteiger partial charge in [0.05, 0.1) is 14.2 Å². The number of ether oxygens (including phenoxy) is 2. The molecule has 1 aromatic carbocycles. The molecule has 1 aromatic rings. The molecule has 0 unspecified atom stereocenters. The molecule has 2 nitrogen and oxygen atoms in total. The van der Waals surface area contributed by atoms with E-state index >= 15 is 0 Å². The third-order valence-electron chi connectivity index (χ3n) is 2.27. The Bertz CT molecular complexity index is 350. The van der Waals surface area contributed by atoms with E-state index in [2.05, 4.69) is 5.92 Å². The van der Waals surface area contributed by atoms with Crippen molar-refractivity contribution in [1.29, 1.82) is 0 Å². The fourth-order valence-corrected chi connectivity index (χ4v) is 1.56. The van der Waals surface area contributed by atoms with E-state index in [0.29, 0.717) is 6.42 Å². The van der Waals surface area contributed by atoms with Crippen LogP contribution in [0.15, 0.2) is 12.1 Å². The zero-order chi connectivity index (χ0) is 11.3. The molecule has 0 atom stereocenters. The van der Waals surface area contributed by atoms with Gasteiger partial charge in [-0.05, 0) is 31.0 Å². The first-order valence-corrected chi connectivity index (χ1v) is 4.88. The summed E-state index contributed by atoms with van der Waals surface area (Å²) in [4.78, 5) is 0. The molecule has 15 heavy (non-hydrogen) atoms. The van der Waals surface area contributed by atoms with Crippen molar-refractivity contribution in [3.05, 3.63) is 23.3 Å². The Morgan fingerprint density at radius 1 is 1.20 bits per heavy atom. The van der Waals surface area contributed by atoms with Crippen LogP contribution in [0.3, 0.4) is 0 Å². The molecule has 0 saturated carbocycles. The summed E-state index contributed by atoms with van der Waals surface area (Å²) in [5.41, 5.74) is 2.16. The minimum Gasteiger partial charge on any atom is -0.496 e. The summed E-state index contributed by atoms with van der Waals surface area (Å²) < 4.78 is 10.6. The molecule has 0 aliphatic heterocycles. The SMILES string of the molecule is C#CCCc1c(OC)cc(C)cc1OC. The van der Waals surface area contributed by atoms with Gasteiger partial charge in [-0.25, -0.2) is 0 Å². The van der Waals surface area contributed by atoms with Gasteiger partial charge in [0.2, 0.25) is 0 Å². The maximum absolute atomic E-state index is 5.32. The van der Waals surface area contributed by atoms with Crippen LogP contribution in [0.25, 0.3) is 0 Å². The van der Waals surface area contributed by atoms with Crippen LogP contribution in [0.5, 0.6) is 11.5 Å². The Balaban J connectivity index is 3.13. The van der Waals surface area contributed by atoms with E-state index in [1.54, 1.807) is 14.2 Å². The van der Waals surface area contributed by atoms with Crippen molar-refractivity contribution in [2.45, 2.75) is 19.8 Å². The highest BCUT2D eigenvalue weighted by atomic mass is 16.5. The number of rotatable bonds is 4. The van der Waals surface area contributed by atoms with E-state index in [9.17, 15) is 0 Å². The number of hydrogen-bond donors (Lipinski definition) is 0. The summed E-state index contributed by atoms with van der Waals surface area (Å²) in [6, 6.07) is 3.99. The normalized spacial score (nSPS) is 9.47. The standard InChI is InChI=1S/C13H16O2/c1-5-6-7-11-12(14-3)8-10(2)9-13(11)15-4/h1,8-9H,6-7H2,2-4H3. The van der Waals surface area contributed by atoms with Crippen molar-refractivity contribution < 1.29 is 9.47 Å². The highest BCUT2D eigenvalue weighted by Gasteiger charge is 2.10. The molecule has 0 radical (unpaired) electrons. The molecule has 1 rings (SSSR count). The molecule has 0 aliphatic carbocycles. The molecule has 0 aromatic heterocycles. The molecule has 0 bridgehead atoms. The van der Waals surface area contributed by atoms with Gasteiger partial charge in [0.15, 0.2) is 0 Å². The second kappa shape index (κ2) is 5.31. The monoisotopic (exact) mass is 204 g/mol. The average molecular weight is 204 g/mol. The Labute approximate surface area is 91.2 Å². The zero-order valence-corrected chi connectivity index (χ0v) is 9.46. The van der Waals surface area contributed by atoms with Gasteiger partial charge in [0, 0.05) is 12.0 Å². The first-order chi connectivity index (χ1) is 7.22. The lowest BCUT2D eigenvalue weighted by molar-refractivity contribution is 0.385. The Kier molecular flexibility index (Phi) is 4.05. The van der Waals surface area contributed by atoms with Gasteiger partial charge in [0.1, 0.15) is 11.5 Å². The van der Waals surface area contributed by atoms with E-state index in [1.807, 2.05) is 19.1 Å². The average Bonchev–Trinajstić information content (AvgIpc) is 2.26. The second-order valence-electron chi connectivity index (χ2n) is 3.35. The van der Waals surface area contributed by atoms with E-state index in [-0.39, 0.29) is 0 Å². The summed E-state index contributed by atoms with van der Waals surface area (Å²) in [6.45, 7) is 2.01. The summed E-state index contributed by atoms with van der Waals surface area (Å²) in [7, 11) is 3.32. The van der Waals surface area contributed by atoms with Gasteiger partial charge in [-0.2, -0.15) is 0 Å². The van der Waals surface area contributed by atoms with E-state index < -0.39 is 0 Å². The first-order valence-electron chi connectivity index (χ1n) is 4.88. The maximum Gasteiger partial charge on any atom is 0.126 e. The van der Waals surface area contributed by atoms with E-state index in [4.69, 9.17) is 15.9 Å². The lowest BCUT2D eigenvalue weighted by Gasteiger charge is -2.13. The second-order valence-corrected chi connectivity index (χ2v) is 3.35. The van der Waals surface area contributed by atoms with Gasteiger partial charge < -0.3 is 9.47 Å². The lowest BCUT2D eigenvalue weighted by atomic mass is 10.0. The summed E-state index contributed by atoms with van der Waals surface area (Å²) >= 11 is 0. The van der Waals surface area contributed by atoms with Crippen molar-refractivity contribution in [2.24, 2.45) is 0 Å². The molecule has 0 heterocycles. The molecular weight excluding hydrogens is 188 g/mol. The molecule has 0 amide bonds. The van der Waals surface area contributed by atoms with Crippen molar-refractivity contribution in [1.82, 2.24) is 0 Å². The van der Waals surface area contributed by atoms with Crippen molar-refractivity contribution in [2.75, 3.05) is 14.2 Å². The number of hydrogen-bond acceptors (Lipinski definition) is 2. The quantitative estimate of drug-likeness (QED) is 0.702. The van der Waals surface area contributed by atoms with Crippen molar-refractivity contribution >= 4 is 0 Å². The van der Waals surface area contributed by atoms with Crippen molar-refractivity contribution in [3.8, 4) is 23.8 Å². The number of methoxy groups -OCH3 is 2. The van der Waals surface area contributed by atoms with Gasteiger partial charge in [-0.1, -0.05) is 0 Å². The minimum absolute atomic E-state index is 0.690. The van der Waals surface area contributed by atoms with Gasteiger partial charge in [-0.3, -0.25) is 0 Å². The highest BCUT2D eigenvalue weighted by Crippen LogP contribution is 2.31. The van der Waals surface area contributed by atoms with Crippen LogP contribution in [0, 0.1) is 19.3 Å². The Morgan fingerprint density at radius 2 is 1.73 bits per heavy atom. The maximum atomic E-state index is 5.32. The van der Waals surface area contributed by atoms with Crippen LogP contribution in [0.1, 0.15) is 17.5 Å². The van der Waals surface area contributed by atoms with E-state index in [1.165, 1.54) is 0 Å². The van der Waals surface area contributed by atoms with Crippen LogP contribution in [-0.2, 0) is 6.42 Å². The largest absolute Gasteiger partial charge is 0.496 e. The molecule has 80 valence electrons. The third kappa shape index (κ3) is 2.66. The Hall–Kier alpha value is -1.62.